The molecule has 0 radical (unpaired) electrons. The summed E-state index contributed by atoms with van der Waals surface area (Å²) in [5, 5.41) is 3.36. The van der Waals surface area contributed by atoms with E-state index in [0.29, 0.717) is 0 Å². The minimum Gasteiger partial charge on any atom is -0.317 e. The molecule has 0 aliphatic heterocycles. The highest BCUT2D eigenvalue weighted by Crippen LogP contribution is 2.03. The van der Waals surface area contributed by atoms with Crippen molar-refractivity contribution in [2.45, 2.75) is 46.5 Å². The number of rotatable bonds is 11. The van der Waals surface area contributed by atoms with E-state index in [4.69, 9.17) is 0 Å². The van der Waals surface area contributed by atoms with Crippen molar-refractivity contribution in [2.75, 3.05) is 32.7 Å². The van der Waals surface area contributed by atoms with E-state index in [1.807, 2.05) is 0 Å². The largest absolute Gasteiger partial charge is 0.317 e. The number of hydrogen-bond donors (Lipinski definition) is 1. The second kappa shape index (κ2) is 11.2. The van der Waals surface area contributed by atoms with Gasteiger partial charge in [-0.05, 0) is 45.9 Å². The van der Waals surface area contributed by atoms with Crippen molar-refractivity contribution in [1.29, 1.82) is 0 Å². The van der Waals surface area contributed by atoms with Crippen LogP contribution in [0, 0.1) is 0 Å². The molecule has 0 unspecified atom stereocenters. The van der Waals surface area contributed by atoms with Crippen LogP contribution in [-0.4, -0.2) is 37.6 Å². The highest BCUT2D eigenvalue weighted by atomic mass is 15.1. The van der Waals surface area contributed by atoms with Crippen LogP contribution in [0.3, 0.4) is 0 Å². The Morgan fingerprint density at radius 3 is 2.38 bits per heavy atom. The van der Waals surface area contributed by atoms with Crippen LogP contribution in [-0.2, 0) is 0 Å². The summed E-state index contributed by atoms with van der Waals surface area (Å²) >= 11 is 0. The maximum atomic E-state index is 3.97. The van der Waals surface area contributed by atoms with E-state index in [2.05, 4.69) is 37.6 Å². The van der Waals surface area contributed by atoms with Gasteiger partial charge in [-0.1, -0.05) is 38.8 Å². The molecule has 0 amide bonds. The molecular formula is C14H30N2. The highest BCUT2D eigenvalue weighted by molar-refractivity contribution is 4.91. The molecule has 0 bridgehead atoms. The summed E-state index contributed by atoms with van der Waals surface area (Å²) in [7, 11) is 0. The lowest BCUT2D eigenvalue weighted by molar-refractivity contribution is 0.303. The normalized spacial score (nSPS) is 11.0. The average molecular weight is 226 g/mol. The van der Waals surface area contributed by atoms with Crippen LogP contribution in [0.1, 0.15) is 46.5 Å². The van der Waals surface area contributed by atoms with Gasteiger partial charge in [0.25, 0.3) is 0 Å². The third kappa shape index (κ3) is 10.2. The third-order valence-electron chi connectivity index (χ3n) is 2.77. The predicted octanol–water partition coefficient (Wildman–Crippen LogP) is 3.05. The topological polar surface area (TPSA) is 15.3 Å². The second-order valence-corrected chi connectivity index (χ2v) is 4.59. The lowest BCUT2D eigenvalue weighted by Gasteiger charge is -2.20. The van der Waals surface area contributed by atoms with Crippen LogP contribution in [0.15, 0.2) is 12.2 Å². The molecular weight excluding hydrogens is 196 g/mol. The first-order valence-electron chi connectivity index (χ1n) is 6.78. The van der Waals surface area contributed by atoms with Crippen molar-refractivity contribution in [2.24, 2.45) is 0 Å². The summed E-state index contributed by atoms with van der Waals surface area (Å²) in [6.07, 6.45) is 5.36. The fraction of sp³-hybridized carbons (Fsp3) is 0.857. The lowest BCUT2D eigenvalue weighted by atomic mass is 10.2. The number of unbranched alkanes of at least 4 members (excludes halogenated alkanes) is 3. The van der Waals surface area contributed by atoms with Gasteiger partial charge in [-0.25, -0.2) is 0 Å². The zero-order valence-electron chi connectivity index (χ0n) is 11.5. The molecule has 0 heterocycles. The first kappa shape index (κ1) is 15.7. The Morgan fingerprint density at radius 1 is 1.12 bits per heavy atom. The monoisotopic (exact) mass is 226 g/mol. The molecule has 0 saturated heterocycles. The maximum Gasteiger partial charge on any atom is 0.0187 e. The molecule has 0 spiro atoms. The smallest absolute Gasteiger partial charge is 0.0187 e. The number of hydrogen-bond acceptors (Lipinski definition) is 2. The first-order valence-corrected chi connectivity index (χ1v) is 6.78. The molecule has 0 aliphatic rings. The molecule has 0 saturated carbocycles. The summed E-state index contributed by atoms with van der Waals surface area (Å²) in [5.74, 6) is 0. The Bertz CT molecular complexity index is 166. The van der Waals surface area contributed by atoms with E-state index in [9.17, 15) is 0 Å². The van der Waals surface area contributed by atoms with E-state index in [1.54, 1.807) is 0 Å². The van der Waals surface area contributed by atoms with Crippen molar-refractivity contribution in [3.8, 4) is 0 Å². The van der Waals surface area contributed by atoms with E-state index in [0.717, 1.165) is 19.6 Å². The molecule has 96 valence electrons. The summed E-state index contributed by atoms with van der Waals surface area (Å²) in [5.41, 5.74) is 1.27. The third-order valence-corrected chi connectivity index (χ3v) is 2.77. The molecule has 0 aliphatic carbocycles. The Kier molecular flexibility index (Phi) is 10.9. The predicted molar refractivity (Wildman–Crippen MR) is 73.9 cm³/mol. The van der Waals surface area contributed by atoms with Crippen molar-refractivity contribution < 1.29 is 0 Å². The average Bonchev–Trinajstić information content (AvgIpc) is 2.25. The van der Waals surface area contributed by atoms with Crippen LogP contribution in [0.2, 0.25) is 0 Å². The van der Waals surface area contributed by atoms with Crippen LogP contribution in [0.5, 0.6) is 0 Å². The highest BCUT2D eigenvalue weighted by Gasteiger charge is 2.01. The molecule has 0 atom stereocenters. The molecule has 16 heavy (non-hydrogen) atoms. The lowest BCUT2D eigenvalue weighted by Crippen LogP contribution is -2.26. The summed E-state index contributed by atoms with van der Waals surface area (Å²) in [6, 6.07) is 0. The van der Waals surface area contributed by atoms with E-state index in [1.165, 1.54) is 44.3 Å². The minimum atomic E-state index is 1.06. The minimum absolute atomic E-state index is 1.06. The number of nitrogens with zero attached hydrogens (tertiary/aromatic N) is 1. The Hall–Kier alpha value is -0.340. The Labute approximate surface area is 102 Å². The second-order valence-electron chi connectivity index (χ2n) is 4.59. The van der Waals surface area contributed by atoms with Crippen LogP contribution < -0.4 is 5.32 Å². The molecule has 2 heteroatoms. The molecule has 0 rings (SSSR count). The van der Waals surface area contributed by atoms with Gasteiger partial charge in [0, 0.05) is 6.54 Å². The number of nitrogens with one attached hydrogen (secondary N) is 1. The van der Waals surface area contributed by atoms with Crippen molar-refractivity contribution >= 4 is 0 Å². The van der Waals surface area contributed by atoms with Crippen molar-refractivity contribution in [1.82, 2.24) is 10.2 Å². The van der Waals surface area contributed by atoms with Gasteiger partial charge in [0.2, 0.25) is 0 Å². The summed E-state index contributed by atoms with van der Waals surface area (Å²) < 4.78 is 0. The van der Waals surface area contributed by atoms with Gasteiger partial charge >= 0.3 is 0 Å². The maximum absolute atomic E-state index is 3.97. The van der Waals surface area contributed by atoms with Gasteiger partial charge in [-0.15, -0.1) is 0 Å². The quantitative estimate of drug-likeness (QED) is 0.430. The zero-order chi connectivity index (χ0) is 12.2. The molecule has 1 N–H and O–H groups in total. The van der Waals surface area contributed by atoms with Gasteiger partial charge in [0.1, 0.15) is 0 Å². The van der Waals surface area contributed by atoms with Crippen LogP contribution in [0.4, 0.5) is 0 Å². The molecule has 2 nitrogen and oxygen atoms in total. The van der Waals surface area contributed by atoms with E-state index < -0.39 is 0 Å². The van der Waals surface area contributed by atoms with Gasteiger partial charge < -0.3 is 5.32 Å². The molecule has 0 fully saturated rings. The van der Waals surface area contributed by atoms with E-state index in [-0.39, 0.29) is 0 Å². The molecule has 0 aromatic rings. The van der Waals surface area contributed by atoms with Gasteiger partial charge in [-0.3, -0.25) is 4.90 Å². The Morgan fingerprint density at radius 2 is 1.81 bits per heavy atom. The van der Waals surface area contributed by atoms with Gasteiger partial charge in [-0.2, -0.15) is 0 Å². The van der Waals surface area contributed by atoms with Crippen LogP contribution >= 0.6 is 0 Å². The van der Waals surface area contributed by atoms with Gasteiger partial charge in [0.05, 0.1) is 0 Å². The zero-order valence-corrected chi connectivity index (χ0v) is 11.5. The van der Waals surface area contributed by atoms with Crippen molar-refractivity contribution in [3.63, 3.8) is 0 Å². The summed E-state index contributed by atoms with van der Waals surface area (Å²) in [4.78, 5) is 2.48. The fourth-order valence-corrected chi connectivity index (χ4v) is 1.85. The Balaban J connectivity index is 3.31. The molecule has 0 aromatic carbocycles. The SMILES string of the molecule is C=C(C)CN(CC)CCCCCCNCC. The number of likely N-dealkylation sites (N-methyl/N-ethyl adjacent to an activating group) is 1. The van der Waals surface area contributed by atoms with Crippen molar-refractivity contribution in [3.05, 3.63) is 12.2 Å². The summed E-state index contributed by atoms with van der Waals surface area (Å²) in [6.45, 7) is 16.2. The van der Waals surface area contributed by atoms with Crippen LogP contribution in [0.25, 0.3) is 0 Å². The van der Waals surface area contributed by atoms with Gasteiger partial charge in [0.15, 0.2) is 0 Å². The fourth-order valence-electron chi connectivity index (χ4n) is 1.85. The molecule has 0 aromatic heterocycles. The van der Waals surface area contributed by atoms with E-state index >= 15 is 0 Å². The standard InChI is InChI=1S/C14H30N2/c1-5-15-11-9-7-8-10-12-16(6-2)13-14(3)4/h15H,3,5-13H2,1-2,4H3. The first-order chi connectivity index (χ1) is 7.70.